The van der Waals surface area contributed by atoms with E-state index < -0.39 is 0 Å². The van der Waals surface area contributed by atoms with E-state index in [4.69, 9.17) is 0 Å². The number of hydrogen-bond donors (Lipinski definition) is 1. The second-order valence-electron chi connectivity index (χ2n) is 4.80. The number of likely N-dealkylation sites (tertiary alicyclic amines) is 1. The molecule has 0 saturated carbocycles. The molecule has 1 aromatic heterocycles. The standard InChI is InChI=1S/C13H22N2S/c1-12-4-2-7-15(11-12)8-6-14-10-13-5-3-9-16-13/h3,5,9,12,14H,2,4,6-8,10-11H2,1H3. The maximum absolute atomic E-state index is 3.52. The Bertz CT molecular complexity index is 284. The lowest BCUT2D eigenvalue weighted by atomic mass is 10.0. The highest BCUT2D eigenvalue weighted by atomic mass is 32.1. The molecule has 1 aliphatic heterocycles. The smallest absolute Gasteiger partial charge is 0.0300 e. The number of piperidine rings is 1. The summed E-state index contributed by atoms with van der Waals surface area (Å²) in [6.45, 7) is 8.30. The van der Waals surface area contributed by atoms with Gasteiger partial charge >= 0.3 is 0 Å². The van der Waals surface area contributed by atoms with Crippen molar-refractivity contribution in [1.29, 1.82) is 0 Å². The first kappa shape index (κ1) is 12.1. The Morgan fingerprint density at radius 3 is 3.25 bits per heavy atom. The van der Waals surface area contributed by atoms with Gasteiger partial charge in [-0.05, 0) is 36.8 Å². The number of rotatable bonds is 5. The lowest BCUT2D eigenvalue weighted by Crippen LogP contribution is -2.38. The van der Waals surface area contributed by atoms with E-state index in [9.17, 15) is 0 Å². The van der Waals surface area contributed by atoms with Gasteiger partial charge in [-0.15, -0.1) is 11.3 Å². The van der Waals surface area contributed by atoms with Gasteiger partial charge in [-0.25, -0.2) is 0 Å². The van der Waals surface area contributed by atoms with Crippen molar-refractivity contribution in [3.05, 3.63) is 22.4 Å². The fraction of sp³-hybridized carbons (Fsp3) is 0.692. The van der Waals surface area contributed by atoms with Crippen LogP contribution in [0.15, 0.2) is 17.5 Å². The second-order valence-corrected chi connectivity index (χ2v) is 5.84. The summed E-state index contributed by atoms with van der Waals surface area (Å²) in [6.07, 6.45) is 2.80. The normalized spacial score (nSPS) is 22.4. The highest BCUT2D eigenvalue weighted by Gasteiger charge is 2.15. The average molecular weight is 238 g/mol. The largest absolute Gasteiger partial charge is 0.311 e. The van der Waals surface area contributed by atoms with Gasteiger partial charge in [0.05, 0.1) is 0 Å². The molecule has 2 nitrogen and oxygen atoms in total. The monoisotopic (exact) mass is 238 g/mol. The minimum Gasteiger partial charge on any atom is -0.311 e. The molecule has 1 unspecified atom stereocenters. The van der Waals surface area contributed by atoms with Crippen molar-refractivity contribution < 1.29 is 0 Å². The van der Waals surface area contributed by atoms with Crippen LogP contribution in [-0.2, 0) is 6.54 Å². The Morgan fingerprint density at radius 1 is 1.56 bits per heavy atom. The molecular formula is C13H22N2S. The Kier molecular flexibility index (Phi) is 4.82. The fourth-order valence-corrected chi connectivity index (χ4v) is 3.03. The predicted octanol–water partition coefficient (Wildman–Crippen LogP) is 2.57. The summed E-state index contributed by atoms with van der Waals surface area (Å²) >= 11 is 1.83. The number of nitrogens with one attached hydrogen (secondary N) is 1. The minimum atomic E-state index is 0.894. The first-order chi connectivity index (χ1) is 7.84. The van der Waals surface area contributed by atoms with Crippen LogP contribution in [-0.4, -0.2) is 31.1 Å². The molecule has 1 fully saturated rings. The van der Waals surface area contributed by atoms with Crippen LogP contribution in [0.1, 0.15) is 24.6 Å². The van der Waals surface area contributed by atoms with Crippen LogP contribution in [0, 0.1) is 5.92 Å². The number of thiophene rings is 1. The average Bonchev–Trinajstić information content (AvgIpc) is 2.77. The van der Waals surface area contributed by atoms with Gasteiger partial charge in [-0.3, -0.25) is 0 Å². The van der Waals surface area contributed by atoms with E-state index in [1.54, 1.807) is 0 Å². The van der Waals surface area contributed by atoms with Crippen LogP contribution in [0.3, 0.4) is 0 Å². The molecule has 1 aliphatic rings. The van der Waals surface area contributed by atoms with E-state index in [1.807, 2.05) is 11.3 Å². The predicted molar refractivity (Wildman–Crippen MR) is 70.9 cm³/mol. The third-order valence-electron chi connectivity index (χ3n) is 3.23. The van der Waals surface area contributed by atoms with E-state index in [0.29, 0.717) is 0 Å². The number of hydrogen-bond acceptors (Lipinski definition) is 3. The van der Waals surface area contributed by atoms with Crippen LogP contribution in [0.5, 0.6) is 0 Å². The Hall–Kier alpha value is -0.380. The van der Waals surface area contributed by atoms with E-state index in [-0.39, 0.29) is 0 Å². The highest BCUT2D eigenvalue weighted by molar-refractivity contribution is 7.09. The van der Waals surface area contributed by atoms with Crippen molar-refractivity contribution >= 4 is 11.3 Å². The second kappa shape index (κ2) is 6.38. The van der Waals surface area contributed by atoms with Crippen LogP contribution in [0.4, 0.5) is 0 Å². The van der Waals surface area contributed by atoms with Crippen LogP contribution < -0.4 is 5.32 Å². The lowest BCUT2D eigenvalue weighted by Gasteiger charge is -2.30. The molecule has 0 radical (unpaired) electrons. The Morgan fingerprint density at radius 2 is 2.50 bits per heavy atom. The van der Waals surface area contributed by atoms with Gasteiger partial charge in [0.2, 0.25) is 0 Å². The van der Waals surface area contributed by atoms with Crippen molar-refractivity contribution in [1.82, 2.24) is 10.2 Å². The molecule has 1 aromatic rings. The highest BCUT2D eigenvalue weighted by Crippen LogP contribution is 2.14. The van der Waals surface area contributed by atoms with Gasteiger partial charge in [-0.1, -0.05) is 13.0 Å². The molecule has 3 heteroatoms. The maximum atomic E-state index is 3.52. The molecule has 0 spiro atoms. The zero-order valence-electron chi connectivity index (χ0n) is 10.1. The van der Waals surface area contributed by atoms with Crippen molar-refractivity contribution in [3.63, 3.8) is 0 Å². The summed E-state index contributed by atoms with van der Waals surface area (Å²) in [5, 5.41) is 5.66. The molecular weight excluding hydrogens is 216 g/mol. The van der Waals surface area contributed by atoms with E-state index in [2.05, 4.69) is 34.7 Å². The van der Waals surface area contributed by atoms with E-state index >= 15 is 0 Å². The minimum absolute atomic E-state index is 0.894. The third-order valence-corrected chi connectivity index (χ3v) is 4.10. The first-order valence-corrected chi connectivity index (χ1v) is 7.18. The zero-order valence-corrected chi connectivity index (χ0v) is 10.9. The fourth-order valence-electron chi connectivity index (χ4n) is 2.35. The van der Waals surface area contributed by atoms with Gasteiger partial charge in [-0.2, -0.15) is 0 Å². The quantitative estimate of drug-likeness (QED) is 0.793. The van der Waals surface area contributed by atoms with Crippen molar-refractivity contribution in [2.75, 3.05) is 26.2 Å². The van der Waals surface area contributed by atoms with Crippen LogP contribution >= 0.6 is 11.3 Å². The molecule has 0 bridgehead atoms. The van der Waals surface area contributed by atoms with Gasteiger partial charge in [0.1, 0.15) is 0 Å². The summed E-state index contributed by atoms with van der Waals surface area (Å²) in [4.78, 5) is 4.03. The molecule has 2 rings (SSSR count). The maximum Gasteiger partial charge on any atom is 0.0300 e. The Balaban J connectivity index is 1.57. The summed E-state index contributed by atoms with van der Waals surface area (Å²) in [6, 6.07) is 4.31. The summed E-state index contributed by atoms with van der Waals surface area (Å²) in [7, 11) is 0. The summed E-state index contributed by atoms with van der Waals surface area (Å²) in [5.41, 5.74) is 0. The van der Waals surface area contributed by atoms with Gasteiger partial charge in [0.15, 0.2) is 0 Å². The first-order valence-electron chi connectivity index (χ1n) is 6.30. The van der Waals surface area contributed by atoms with Crippen LogP contribution in [0.25, 0.3) is 0 Å². The summed E-state index contributed by atoms with van der Waals surface area (Å²) < 4.78 is 0. The lowest BCUT2D eigenvalue weighted by molar-refractivity contribution is 0.184. The molecule has 0 amide bonds. The molecule has 2 heterocycles. The van der Waals surface area contributed by atoms with E-state index in [0.717, 1.165) is 19.0 Å². The molecule has 1 N–H and O–H groups in total. The van der Waals surface area contributed by atoms with Gasteiger partial charge < -0.3 is 10.2 Å². The van der Waals surface area contributed by atoms with E-state index in [1.165, 1.54) is 37.4 Å². The van der Waals surface area contributed by atoms with Gasteiger partial charge in [0.25, 0.3) is 0 Å². The molecule has 16 heavy (non-hydrogen) atoms. The van der Waals surface area contributed by atoms with Crippen molar-refractivity contribution in [2.24, 2.45) is 5.92 Å². The van der Waals surface area contributed by atoms with Gasteiger partial charge in [0, 0.05) is 31.1 Å². The molecule has 1 atom stereocenters. The molecule has 0 aliphatic carbocycles. The molecule has 90 valence electrons. The summed E-state index contributed by atoms with van der Waals surface area (Å²) in [5.74, 6) is 0.894. The zero-order chi connectivity index (χ0) is 11.2. The van der Waals surface area contributed by atoms with Crippen molar-refractivity contribution in [3.8, 4) is 0 Å². The molecule has 0 aromatic carbocycles. The SMILES string of the molecule is CC1CCCN(CCNCc2cccs2)C1. The molecule has 1 saturated heterocycles. The number of nitrogens with zero attached hydrogens (tertiary/aromatic N) is 1. The Labute approximate surface area is 103 Å². The topological polar surface area (TPSA) is 15.3 Å². The van der Waals surface area contributed by atoms with Crippen molar-refractivity contribution in [2.45, 2.75) is 26.3 Å². The van der Waals surface area contributed by atoms with Crippen LogP contribution in [0.2, 0.25) is 0 Å². The third kappa shape index (κ3) is 3.89.